The summed E-state index contributed by atoms with van der Waals surface area (Å²) in [6.07, 6.45) is 2.12. The van der Waals surface area contributed by atoms with Crippen LogP contribution in [0.3, 0.4) is 0 Å². The fraction of sp³-hybridized carbons (Fsp3) is 0.529. The number of nitrogens with one attached hydrogen (secondary N) is 1. The standard InChI is InChI=1S/C17H23NO5/c1-22-14-6-4-12(5-7-14)13(10-17(20)21)9-16(19)18-11-15-3-2-8-23-15/h4-7,13,15H,2-3,8-11H2,1H3,(H,18,19)(H,20,21)/t13-,15+/m0/s1. The average Bonchev–Trinajstić information content (AvgIpc) is 3.05. The molecule has 1 saturated heterocycles. The minimum Gasteiger partial charge on any atom is -0.497 e. The number of carboxylic acids is 1. The lowest BCUT2D eigenvalue weighted by Crippen LogP contribution is -2.32. The van der Waals surface area contributed by atoms with Crippen molar-refractivity contribution in [3.63, 3.8) is 0 Å². The van der Waals surface area contributed by atoms with E-state index in [0.29, 0.717) is 12.3 Å². The van der Waals surface area contributed by atoms with Gasteiger partial charge in [-0.1, -0.05) is 12.1 Å². The van der Waals surface area contributed by atoms with Gasteiger partial charge in [0.05, 0.1) is 19.6 Å². The van der Waals surface area contributed by atoms with E-state index in [0.717, 1.165) is 25.0 Å². The van der Waals surface area contributed by atoms with Crippen molar-refractivity contribution in [1.29, 1.82) is 0 Å². The van der Waals surface area contributed by atoms with E-state index in [4.69, 9.17) is 14.6 Å². The second kappa shape index (κ2) is 8.53. The molecule has 126 valence electrons. The highest BCUT2D eigenvalue weighted by Crippen LogP contribution is 2.25. The summed E-state index contributed by atoms with van der Waals surface area (Å²) in [5.41, 5.74) is 0.820. The molecule has 2 rings (SSSR count). The molecule has 1 aliphatic heterocycles. The Bertz CT molecular complexity index is 522. The first kappa shape index (κ1) is 17.3. The van der Waals surface area contributed by atoms with E-state index in [1.807, 2.05) is 0 Å². The van der Waals surface area contributed by atoms with Crippen molar-refractivity contribution in [1.82, 2.24) is 5.32 Å². The van der Waals surface area contributed by atoms with E-state index in [-0.39, 0.29) is 30.8 Å². The van der Waals surface area contributed by atoms with E-state index in [2.05, 4.69) is 5.32 Å². The molecule has 0 spiro atoms. The van der Waals surface area contributed by atoms with Gasteiger partial charge in [-0.05, 0) is 30.5 Å². The molecule has 0 unspecified atom stereocenters. The molecule has 0 aromatic heterocycles. The van der Waals surface area contributed by atoms with Gasteiger partial charge in [0.15, 0.2) is 0 Å². The van der Waals surface area contributed by atoms with Gasteiger partial charge in [-0.2, -0.15) is 0 Å². The van der Waals surface area contributed by atoms with E-state index in [1.54, 1.807) is 31.4 Å². The van der Waals surface area contributed by atoms with Crippen LogP contribution in [-0.4, -0.2) is 43.3 Å². The van der Waals surface area contributed by atoms with Gasteiger partial charge in [-0.15, -0.1) is 0 Å². The predicted molar refractivity (Wildman–Crippen MR) is 84.6 cm³/mol. The van der Waals surface area contributed by atoms with E-state index in [1.165, 1.54) is 0 Å². The fourth-order valence-electron chi connectivity index (χ4n) is 2.72. The Hall–Kier alpha value is -2.08. The molecule has 0 bridgehead atoms. The highest BCUT2D eigenvalue weighted by atomic mass is 16.5. The minimum atomic E-state index is -0.919. The number of aliphatic carboxylic acids is 1. The molecule has 1 aliphatic rings. The monoisotopic (exact) mass is 321 g/mol. The summed E-state index contributed by atoms with van der Waals surface area (Å²) in [6, 6.07) is 7.16. The van der Waals surface area contributed by atoms with Crippen LogP contribution in [0.5, 0.6) is 5.75 Å². The van der Waals surface area contributed by atoms with E-state index < -0.39 is 5.97 Å². The minimum absolute atomic E-state index is 0.0814. The van der Waals surface area contributed by atoms with E-state index >= 15 is 0 Å². The zero-order chi connectivity index (χ0) is 16.7. The van der Waals surface area contributed by atoms with Crippen molar-refractivity contribution in [2.24, 2.45) is 0 Å². The van der Waals surface area contributed by atoms with Crippen LogP contribution in [0.2, 0.25) is 0 Å². The van der Waals surface area contributed by atoms with Gasteiger partial charge in [-0.3, -0.25) is 9.59 Å². The third-order valence-corrected chi connectivity index (χ3v) is 3.99. The fourth-order valence-corrected chi connectivity index (χ4v) is 2.72. The predicted octanol–water partition coefficient (Wildman–Crippen LogP) is 1.94. The summed E-state index contributed by atoms with van der Waals surface area (Å²) in [7, 11) is 1.57. The summed E-state index contributed by atoms with van der Waals surface area (Å²) < 4.78 is 10.6. The number of carboxylic acid groups (broad SMARTS) is 1. The number of carbonyl (C=O) groups is 2. The number of rotatable bonds is 8. The molecule has 0 aliphatic carbocycles. The van der Waals surface area contributed by atoms with Crippen LogP contribution in [0.1, 0.15) is 37.2 Å². The van der Waals surface area contributed by atoms with Crippen molar-refractivity contribution in [3.05, 3.63) is 29.8 Å². The maximum absolute atomic E-state index is 12.1. The van der Waals surface area contributed by atoms with Gasteiger partial charge in [0.1, 0.15) is 5.75 Å². The van der Waals surface area contributed by atoms with Crippen LogP contribution >= 0.6 is 0 Å². The van der Waals surface area contributed by atoms with Crippen molar-refractivity contribution in [2.45, 2.75) is 37.7 Å². The highest BCUT2D eigenvalue weighted by Gasteiger charge is 2.21. The zero-order valence-electron chi connectivity index (χ0n) is 13.3. The number of amides is 1. The lowest BCUT2D eigenvalue weighted by molar-refractivity contribution is -0.137. The number of benzene rings is 1. The van der Waals surface area contributed by atoms with E-state index in [9.17, 15) is 9.59 Å². The molecule has 0 radical (unpaired) electrons. The lowest BCUT2D eigenvalue weighted by Gasteiger charge is -2.17. The Kier molecular flexibility index (Phi) is 6.40. The maximum atomic E-state index is 12.1. The Morgan fingerprint density at radius 2 is 2.09 bits per heavy atom. The summed E-state index contributed by atoms with van der Waals surface area (Å²) in [6.45, 7) is 1.23. The van der Waals surface area contributed by atoms with Crippen LogP contribution in [-0.2, 0) is 14.3 Å². The average molecular weight is 321 g/mol. The van der Waals surface area contributed by atoms with Crippen LogP contribution in [0.15, 0.2) is 24.3 Å². The molecule has 1 heterocycles. The second-order valence-corrected chi connectivity index (χ2v) is 5.71. The second-order valence-electron chi connectivity index (χ2n) is 5.71. The third kappa shape index (κ3) is 5.56. The first-order valence-corrected chi connectivity index (χ1v) is 7.82. The Morgan fingerprint density at radius 1 is 1.35 bits per heavy atom. The van der Waals surface area contributed by atoms with Crippen LogP contribution in [0.4, 0.5) is 0 Å². The lowest BCUT2D eigenvalue weighted by atomic mass is 9.92. The number of hydrogen-bond acceptors (Lipinski definition) is 4. The third-order valence-electron chi connectivity index (χ3n) is 3.99. The molecular weight excluding hydrogens is 298 g/mol. The van der Waals surface area contributed by atoms with Crippen LogP contribution < -0.4 is 10.1 Å². The van der Waals surface area contributed by atoms with Crippen molar-refractivity contribution < 1.29 is 24.2 Å². The molecule has 1 fully saturated rings. The number of carbonyl (C=O) groups excluding carboxylic acids is 1. The zero-order valence-corrected chi connectivity index (χ0v) is 13.3. The molecule has 2 N–H and O–H groups in total. The molecule has 23 heavy (non-hydrogen) atoms. The summed E-state index contributed by atoms with van der Waals surface area (Å²) in [4.78, 5) is 23.2. The first-order chi connectivity index (χ1) is 11.1. The van der Waals surface area contributed by atoms with Crippen molar-refractivity contribution >= 4 is 11.9 Å². The normalized spacial score (nSPS) is 18.4. The smallest absolute Gasteiger partial charge is 0.303 e. The molecule has 6 heteroatoms. The largest absolute Gasteiger partial charge is 0.497 e. The van der Waals surface area contributed by atoms with Gasteiger partial charge in [0, 0.05) is 25.5 Å². The Balaban J connectivity index is 1.93. The molecule has 6 nitrogen and oxygen atoms in total. The Morgan fingerprint density at radius 3 is 2.65 bits per heavy atom. The molecule has 1 amide bonds. The van der Waals surface area contributed by atoms with Gasteiger partial charge < -0.3 is 19.9 Å². The van der Waals surface area contributed by atoms with Gasteiger partial charge in [0.2, 0.25) is 5.91 Å². The molecular formula is C17H23NO5. The molecule has 1 aromatic carbocycles. The molecule has 2 atom stereocenters. The highest BCUT2D eigenvalue weighted by molar-refractivity contribution is 5.78. The summed E-state index contributed by atoms with van der Waals surface area (Å²) in [5.74, 6) is -0.728. The molecule has 0 saturated carbocycles. The molecule has 1 aromatic rings. The quantitative estimate of drug-likeness (QED) is 0.764. The maximum Gasteiger partial charge on any atom is 0.303 e. The first-order valence-electron chi connectivity index (χ1n) is 7.82. The van der Waals surface area contributed by atoms with Crippen LogP contribution in [0.25, 0.3) is 0 Å². The topological polar surface area (TPSA) is 84.9 Å². The SMILES string of the molecule is COc1ccc([C@H](CC(=O)O)CC(=O)NC[C@H]2CCCO2)cc1. The van der Waals surface area contributed by atoms with Crippen molar-refractivity contribution in [3.8, 4) is 5.75 Å². The van der Waals surface area contributed by atoms with Gasteiger partial charge in [0.25, 0.3) is 0 Å². The van der Waals surface area contributed by atoms with Crippen molar-refractivity contribution in [2.75, 3.05) is 20.3 Å². The van der Waals surface area contributed by atoms with Gasteiger partial charge >= 0.3 is 5.97 Å². The number of methoxy groups -OCH3 is 1. The summed E-state index contributed by atoms with van der Waals surface area (Å²) in [5, 5.41) is 11.9. The summed E-state index contributed by atoms with van der Waals surface area (Å²) >= 11 is 0. The number of hydrogen-bond donors (Lipinski definition) is 2. The number of ether oxygens (including phenoxy) is 2. The van der Waals surface area contributed by atoms with Gasteiger partial charge in [-0.25, -0.2) is 0 Å². The Labute approximate surface area is 135 Å². The van der Waals surface area contributed by atoms with Crippen LogP contribution in [0, 0.1) is 0 Å².